The Bertz CT molecular complexity index is 454. The van der Waals surface area contributed by atoms with E-state index in [1.165, 1.54) is 0 Å². The molecule has 19 heavy (non-hydrogen) atoms. The zero-order valence-corrected chi connectivity index (χ0v) is 11.9. The van der Waals surface area contributed by atoms with Crippen molar-refractivity contribution in [3.63, 3.8) is 0 Å². The van der Waals surface area contributed by atoms with Crippen LogP contribution in [0.1, 0.15) is 56.1 Å². The first kappa shape index (κ1) is 14.1. The van der Waals surface area contributed by atoms with Crippen LogP contribution < -0.4 is 10.5 Å². The van der Waals surface area contributed by atoms with Gasteiger partial charge in [0.2, 0.25) is 0 Å². The van der Waals surface area contributed by atoms with Gasteiger partial charge in [-0.05, 0) is 26.7 Å². The smallest absolute Gasteiger partial charge is 0.189 e. The average molecular weight is 265 g/mol. The molecule has 1 aliphatic carbocycles. The molecule has 5 heteroatoms. The first-order valence-electron chi connectivity index (χ1n) is 6.97. The van der Waals surface area contributed by atoms with E-state index in [-0.39, 0.29) is 23.8 Å². The summed E-state index contributed by atoms with van der Waals surface area (Å²) in [5, 5.41) is 4.26. The maximum absolute atomic E-state index is 12.8. The van der Waals surface area contributed by atoms with Crippen LogP contribution in [-0.2, 0) is 0 Å². The fraction of sp³-hybridized carbons (Fsp3) is 0.714. The molecule has 1 saturated carbocycles. The molecule has 1 aliphatic rings. The maximum Gasteiger partial charge on any atom is 0.189 e. The van der Waals surface area contributed by atoms with Crippen molar-refractivity contribution in [2.45, 2.75) is 51.6 Å². The summed E-state index contributed by atoms with van der Waals surface area (Å²) in [6.07, 6.45) is 5.59. The van der Waals surface area contributed by atoms with Crippen LogP contribution in [0.2, 0.25) is 0 Å². The fourth-order valence-electron chi connectivity index (χ4n) is 2.78. The van der Waals surface area contributed by atoms with Crippen LogP contribution in [0.3, 0.4) is 0 Å². The highest BCUT2D eigenvalue weighted by atomic mass is 16.5. The van der Waals surface area contributed by atoms with E-state index in [2.05, 4.69) is 5.10 Å². The molecule has 0 saturated heterocycles. The monoisotopic (exact) mass is 265 g/mol. The van der Waals surface area contributed by atoms with Crippen molar-refractivity contribution < 1.29 is 9.53 Å². The number of carbonyl (C=O) groups is 1. The first-order valence-corrected chi connectivity index (χ1v) is 6.97. The van der Waals surface area contributed by atoms with E-state index in [1.54, 1.807) is 18.0 Å². The molecule has 2 rings (SSSR count). The minimum absolute atomic E-state index is 0.0403. The van der Waals surface area contributed by atoms with Crippen LogP contribution in [0, 0.1) is 5.92 Å². The second kappa shape index (κ2) is 5.74. The SMILES string of the molecule is COc1cnn(C(C)C)c1C(=O)C1CCCCC1N. The van der Waals surface area contributed by atoms with Gasteiger partial charge in [0.05, 0.1) is 13.3 Å². The van der Waals surface area contributed by atoms with Gasteiger partial charge >= 0.3 is 0 Å². The van der Waals surface area contributed by atoms with Gasteiger partial charge < -0.3 is 10.5 Å². The minimum Gasteiger partial charge on any atom is -0.493 e. The summed E-state index contributed by atoms with van der Waals surface area (Å²) >= 11 is 0. The fourth-order valence-corrected chi connectivity index (χ4v) is 2.78. The number of rotatable bonds is 4. The van der Waals surface area contributed by atoms with Crippen LogP contribution in [0.5, 0.6) is 5.75 Å². The molecular weight excluding hydrogens is 242 g/mol. The molecule has 2 atom stereocenters. The lowest BCUT2D eigenvalue weighted by Gasteiger charge is -2.27. The Morgan fingerprint density at radius 1 is 1.47 bits per heavy atom. The number of ether oxygens (including phenoxy) is 1. The van der Waals surface area contributed by atoms with Gasteiger partial charge in [-0.2, -0.15) is 5.10 Å². The average Bonchev–Trinajstić information content (AvgIpc) is 2.82. The number of hydrogen-bond donors (Lipinski definition) is 1. The Labute approximate surface area is 114 Å². The van der Waals surface area contributed by atoms with Crippen LogP contribution >= 0.6 is 0 Å². The Morgan fingerprint density at radius 2 is 2.16 bits per heavy atom. The molecule has 0 bridgehead atoms. The summed E-state index contributed by atoms with van der Waals surface area (Å²) in [5.74, 6) is 0.531. The minimum atomic E-state index is -0.100. The lowest BCUT2D eigenvalue weighted by atomic mass is 9.81. The molecular formula is C14H23N3O2. The summed E-state index contributed by atoms with van der Waals surface area (Å²) in [4.78, 5) is 12.8. The van der Waals surface area contributed by atoms with Gasteiger partial charge in [0, 0.05) is 18.0 Å². The molecule has 5 nitrogen and oxygen atoms in total. The highest BCUT2D eigenvalue weighted by Gasteiger charge is 2.33. The summed E-state index contributed by atoms with van der Waals surface area (Å²) in [6.45, 7) is 4.01. The second-order valence-corrected chi connectivity index (χ2v) is 5.52. The van der Waals surface area contributed by atoms with Crippen LogP contribution in [0.15, 0.2) is 6.20 Å². The lowest BCUT2D eigenvalue weighted by molar-refractivity contribution is 0.0854. The number of methoxy groups -OCH3 is 1. The largest absolute Gasteiger partial charge is 0.493 e. The molecule has 1 aromatic rings. The standard InChI is InChI=1S/C14H23N3O2/c1-9(2)17-13(12(19-3)8-16-17)14(18)10-6-4-5-7-11(10)15/h8-11H,4-7,15H2,1-3H3. The molecule has 0 aromatic carbocycles. The Morgan fingerprint density at radius 3 is 2.74 bits per heavy atom. The van der Waals surface area contributed by atoms with E-state index >= 15 is 0 Å². The van der Waals surface area contributed by atoms with Crippen molar-refractivity contribution in [1.82, 2.24) is 9.78 Å². The van der Waals surface area contributed by atoms with Gasteiger partial charge in [-0.15, -0.1) is 0 Å². The Hall–Kier alpha value is -1.36. The van der Waals surface area contributed by atoms with Gasteiger partial charge in [-0.3, -0.25) is 9.48 Å². The zero-order valence-electron chi connectivity index (χ0n) is 11.9. The summed E-state index contributed by atoms with van der Waals surface area (Å²) in [5.41, 5.74) is 6.68. The number of nitrogens with two attached hydrogens (primary N) is 1. The van der Waals surface area contributed by atoms with E-state index in [0.717, 1.165) is 25.7 Å². The third-order valence-electron chi connectivity index (χ3n) is 3.86. The number of aromatic nitrogens is 2. The van der Waals surface area contributed by atoms with Gasteiger partial charge in [-0.25, -0.2) is 0 Å². The second-order valence-electron chi connectivity index (χ2n) is 5.52. The predicted octanol–water partition coefficient (Wildman–Crippen LogP) is 2.17. The van der Waals surface area contributed by atoms with Crippen LogP contribution in [0.4, 0.5) is 0 Å². The van der Waals surface area contributed by atoms with Crippen molar-refractivity contribution in [3.8, 4) is 5.75 Å². The van der Waals surface area contributed by atoms with Crippen LogP contribution in [0.25, 0.3) is 0 Å². The molecule has 1 heterocycles. The van der Waals surface area contributed by atoms with Crippen molar-refractivity contribution in [1.29, 1.82) is 0 Å². The molecule has 0 amide bonds. The van der Waals surface area contributed by atoms with Gasteiger partial charge in [-0.1, -0.05) is 12.8 Å². The number of Topliss-reactive ketones (excluding diaryl/α,β-unsaturated/α-hetero) is 1. The predicted molar refractivity (Wildman–Crippen MR) is 73.4 cm³/mol. The summed E-state index contributed by atoms with van der Waals surface area (Å²) in [6, 6.07) is 0.0872. The van der Waals surface area contributed by atoms with Gasteiger partial charge in [0.1, 0.15) is 5.69 Å². The molecule has 0 aliphatic heterocycles. The van der Waals surface area contributed by atoms with Crippen molar-refractivity contribution in [3.05, 3.63) is 11.9 Å². The number of ketones is 1. The molecule has 0 spiro atoms. The van der Waals surface area contributed by atoms with Gasteiger partial charge in [0.15, 0.2) is 11.5 Å². The Kier molecular flexibility index (Phi) is 4.24. The first-order chi connectivity index (χ1) is 9.06. The van der Waals surface area contributed by atoms with E-state index in [0.29, 0.717) is 11.4 Å². The van der Waals surface area contributed by atoms with Crippen molar-refractivity contribution in [2.75, 3.05) is 7.11 Å². The zero-order chi connectivity index (χ0) is 14.0. The number of nitrogens with zero attached hydrogens (tertiary/aromatic N) is 2. The van der Waals surface area contributed by atoms with Crippen molar-refractivity contribution in [2.24, 2.45) is 11.7 Å². The summed E-state index contributed by atoms with van der Waals surface area (Å²) < 4.78 is 7.02. The van der Waals surface area contributed by atoms with Crippen LogP contribution in [-0.4, -0.2) is 28.7 Å². The third-order valence-corrected chi connectivity index (χ3v) is 3.86. The molecule has 2 N–H and O–H groups in total. The van der Waals surface area contributed by atoms with E-state index in [4.69, 9.17) is 10.5 Å². The number of hydrogen-bond acceptors (Lipinski definition) is 4. The summed E-state index contributed by atoms with van der Waals surface area (Å²) in [7, 11) is 1.57. The topological polar surface area (TPSA) is 70.1 Å². The van der Waals surface area contributed by atoms with E-state index in [1.807, 2.05) is 13.8 Å². The quantitative estimate of drug-likeness (QED) is 0.847. The van der Waals surface area contributed by atoms with Crippen molar-refractivity contribution >= 4 is 5.78 Å². The molecule has 2 unspecified atom stereocenters. The lowest BCUT2D eigenvalue weighted by Crippen LogP contribution is -2.39. The highest BCUT2D eigenvalue weighted by Crippen LogP contribution is 2.30. The maximum atomic E-state index is 12.8. The highest BCUT2D eigenvalue weighted by molar-refractivity contribution is 5.99. The van der Waals surface area contributed by atoms with E-state index in [9.17, 15) is 4.79 Å². The van der Waals surface area contributed by atoms with Gasteiger partial charge in [0.25, 0.3) is 0 Å². The molecule has 1 aromatic heterocycles. The molecule has 1 fully saturated rings. The number of carbonyl (C=O) groups excluding carboxylic acids is 1. The normalized spacial score (nSPS) is 23.6. The third kappa shape index (κ3) is 2.66. The molecule has 0 radical (unpaired) electrons. The Balaban J connectivity index is 2.34. The molecule has 106 valence electrons. The van der Waals surface area contributed by atoms with E-state index < -0.39 is 0 Å².